The smallest absolute Gasteiger partial charge is 0.325 e. The molecule has 1 unspecified atom stereocenters. The number of piperidine rings is 1. The van der Waals surface area contributed by atoms with Crippen LogP contribution in [0, 0.1) is 0 Å². The third-order valence-corrected chi connectivity index (χ3v) is 4.45. The minimum absolute atomic E-state index is 0.284. The van der Waals surface area contributed by atoms with Crippen molar-refractivity contribution in [3.63, 3.8) is 0 Å². The molecule has 7 heteroatoms. The van der Waals surface area contributed by atoms with Gasteiger partial charge >= 0.3 is 5.97 Å². The van der Waals surface area contributed by atoms with Crippen LogP contribution in [0.4, 0.5) is 0 Å². The number of rotatable bonds is 8. The van der Waals surface area contributed by atoms with Gasteiger partial charge in [0.05, 0.1) is 14.2 Å². The van der Waals surface area contributed by atoms with E-state index in [0.29, 0.717) is 18.0 Å². The monoisotopic (exact) mass is 337 g/mol. The number of hydrogen-bond donors (Lipinski definition) is 1. The average molecular weight is 337 g/mol. The van der Waals surface area contributed by atoms with Gasteiger partial charge in [0.15, 0.2) is 0 Å². The Morgan fingerprint density at radius 1 is 1.29 bits per heavy atom. The highest BCUT2D eigenvalue weighted by atomic mass is 16.5. The molecule has 1 aliphatic heterocycles. The van der Waals surface area contributed by atoms with Crippen molar-refractivity contribution in [2.24, 2.45) is 0 Å². The van der Waals surface area contributed by atoms with Crippen molar-refractivity contribution in [1.82, 2.24) is 14.8 Å². The van der Waals surface area contributed by atoms with Crippen molar-refractivity contribution in [2.45, 2.75) is 25.3 Å². The van der Waals surface area contributed by atoms with E-state index in [4.69, 9.17) is 9.47 Å². The van der Waals surface area contributed by atoms with Gasteiger partial charge in [-0.25, -0.2) is 0 Å². The largest absolute Gasteiger partial charge is 0.481 e. The summed E-state index contributed by atoms with van der Waals surface area (Å²) in [6.45, 7) is 3.73. The maximum Gasteiger partial charge on any atom is 0.325 e. The number of carboxylic acid groups (broad SMARTS) is 1. The summed E-state index contributed by atoms with van der Waals surface area (Å²) < 4.78 is 10.4. The molecular weight excluding hydrogens is 310 g/mol. The fourth-order valence-electron chi connectivity index (χ4n) is 3.09. The van der Waals surface area contributed by atoms with Gasteiger partial charge in [-0.05, 0) is 39.0 Å². The van der Waals surface area contributed by atoms with E-state index in [-0.39, 0.29) is 5.88 Å². The molecule has 0 aromatic carbocycles. The fraction of sp³-hybridized carbons (Fsp3) is 0.647. The lowest BCUT2D eigenvalue weighted by molar-refractivity contribution is -0.143. The molecule has 0 amide bonds. The molecule has 0 aliphatic carbocycles. The normalized spacial score (nSPS) is 16.8. The third-order valence-electron chi connectivity index (χ3n) is 4.45. The lowest BCUT2D eigenvalue weighted by Gasteiger charge is -2.31. The van der Waals surface area contributed by atoms with E-state index in [1.165, 1.54) is 33.5 Å². The van der Waals surface area contributed by atoms with E-state index >= 15 is 0 Å². The molecule has 0 radical (unpaired) electrons. The van der Waals surface area contributed by atoms with Gasteiger partial charge < -0.3 is 19.5 Å². The molecule has 1 N–H and O–H groups in total. The van der Waals surface area contributed by atoms with E-state index in [9.17, 15) is 9.90 Å². The second-order valence-corrected chi connectivity index (χ2v) is 6.08. The summed E-state index contributed by atoms with van der Waals surface area (Å²) in [5, 5.41) is 9.71. The first-order valence-corrected chi connectivity index (χ1v) is 8.31. The second-order valence-electron chi connectivity index (χ2n) is 6.08. The number of hydrogen-bond acceptors (Lipinski definition) is 6. The van der Waals surface area contributed by atoms with E-state index in [1.54, 1.807) is 12.1 Å². The van der Waals surface area contributed by atoms with Crippen molar-refractivity contribution in [2.75, 3.05) is 47.4 Å². The van der Waals surface area contributed by atoms with Crippen LogP contribution in [0.15, 0.2) is 12.1 Å². The van der Waals surface area contributed by atoms with Crippen molar-refractivity contribution >= 4 is 5.97 Å². The van der Waals surface area contributed by atoms with E-state index in [1.807, 2.05) is 11.9 Å². The number of pyridine rings is 1. The van der Waals surface area contributed by atoms with Gasteiger partial charge in [-0.2, -0.15) is 4.98 Å². The number of nitrogens with zero attached hydrogens (tertiary/aromatic N) is 3. The Labute approximate surface area is 143 Å². The fourth-order valence-corrected chi connectivity index (χ4v) is 3.09. The molecule has 1 atom stereocenters. The average Bonchev–Trinajstić information content (AvgIpc) is 2.61. The summed E-state index contributed by atoms with van der Waals surface area (Å²) >= 11 is 0. The second kappa shape index (κ2) is 8.84. The lowest BCUT2D eigenvalue weighted by Crippen LogP contribution is -2.39. The van der Waals surface area contributed by atoms with Gasteiger partial charge in [-0.1, -0.05) is 6.42 Å². The first kappa shape index (κ1) is 18.5. The van der Waals surface area contributed by atoms with Crippen LogP contribution in [0.1, 0.15) is 30.9 Å². The Balaban J connectivity index is 2.11. The van der Waals surface area contributed by atoms with Gasteiger partial charge in [0.1, 0.15) is 6.04 Å². The number of likely N-dealkylation sites (N-methyl/N-ethyl adjacent to an activating group) is 1. The summed E-state index contributed by atoms with van der Waals surface area (Å²) in [6, 6.07) is 2.57. The molecule has 0 bridgehead atoms. The van der Waals surface area contributed by atoms with Crippen molar-refractivity contribution < 1.29 is 19.4 Å². The van der Waals surface area contributed by atoms with Gasteiger partial charge in [0.25, 0.3) is 0 Å². The highest BCUT2D eigenvalue weighted by Gasteiger charge is 2.29. The highest BCUT2D eigenvalue weighted by Crippen LogP contribution is 2.29. The molecule has 1 aromatic rings. The van der Waals surface area contributed by atoms with Crippen LogP contribution < -0.4 is 9.47 Å². The maximum absolute atomic E-state index is 11.8. The van der Waals surface area contributed by atoms with E-state index in [0.717, 1.165) is 19.6 Å². The first-order chi connectivity index (χ1) is 11.6. The summed E-state index contributed by atoms with van der Waals surface area (Å²) in [5.74, 6) is -0.233. The number of ether oxygens (including phenoxy) is 2. The van der Waals surface area contributed by atoms with Crippen LogP contribution in [0.3, 0.4) is 0 Å². The zero-order valence-corrected chi connectivity index (χ0v) is 14.7. The Bertz CT molecular complexity index is 547. The van der Waals surface area contributed by atoms with Gasteiger partial charge in [-0.15, -0.1) is 0 Å². The third kappa shape index (κ3) is 4.58. The van der Waals surface area contributed by atoms with Gasteiger partial charge in [-0.3, -0.25) is 9.69 Å². The van der Waals surface area contributed by atoms with Crippen LogP contribution >= 0.6 is 0 Å². The summed E-state index contributed by atoms with van der Waals surface area (Å²) in [6.07, 6.45) is 3.74. The number of likely N-dealkylation sites (tertiary alicyclic amines) is 1. The molecule has 0 spiro atoms. The number of methoxy groups -OCH3 is 2. The zero-order chi connectivity index (χ0) is 17.5. The topological polar surface area (TPSA) is 75.1 Å². The molecule has 1 aromatic heterocycles. The Kier molecular flexibility index (Phi) is 6.81. The Morgan fingerprint density at radius 2 is 2.00 bits per heavy atom. The lowest BCUT2D eigenvalue weighted by atomic mass is 10.1. The summed E-state index contributed by atoms with van der Waals surface area (Å²) in [7, 11) is 4.82. The molecule has 134 valence electrons. The standard InChI is InChI=1S/C17H27N3O4/c1-19(11-12-20-9-5-4-6-10-20)15(17(21)22)13-7-8-14(23-2)18-16(13)24-3/h7-8,15H,4-6,9-12H2,1-3H3,(H,21,22). The minimum Gasteiger partial charge on any atom is -0.481 e. The molecule has 1 fully saturated rings. The van der Waals surface area contributed by atoms with Crippen molar-refractivity contribution in [1.29, 1.82) is 0 Å². The van der Waals surface area contributed by atoms with Crippen LogP contribution in [-0.4, -0.2) is 73.3 Å². The zero-order valence-electron chi connectivity index (χ0n) is 14.7. The Morgan fingerprint density at radius 3 is 2.58 bits per heavy atom. The van der Waals surface area contributed by atoms with Crippen molar-refractivity contribution in [3.8, 4) is 11.8 Å². The molecule has 2 heterocycles. The van der Waals surface area contributed by atoms with Crippen LogP contribution in [-0.2, 0) is 4.79 Å². The van der Waals surface area contributed by atoms with Gasteiger partial charge in [0, 0.05) is 24.7 Å². The van der Waals surface area contributed by atoms with E-state index < -0.39 is 12.0 Å². The van der Waals surface area contributed by atoms with Crippen LogP contribution in [0.2, 0.25) is 0 Å². The molecule has 1 aliphatic rings. The first-order valence-electron chi connectivity index (χ1n) is 8.31. The number of aliphatic carboxylic acids is 1. The molecular formula is C17H27N3O4. The quantitative estimate of drug-likeness (QED) is 0.773. The van der Waals surface area contributed by atoms with Gasteiger partial charge in [0.2, 0.25) is 11.8 Å². The SMILES string of the molecule is COc1ccc(C(C(=O)O)N(C)CCN2CCCCC2)c(OC)n1. The molecule has 7 nitrogen and oxygen atoms in total. The Hall–Kier alpha value is -1.86. The van der Waals surface area contributed by atoms with Crippen molar-refractivity contribution in [3.05, 3.63) is 17.7 Å². The predicted octanol–water partition coefficient (Wildman–Crippen LogP) is 1.64. The highest BCUT2D eigenvalue weighted by molar-refractivity contribution is 5.76. The molecule has 24 heavy (non-hydrogen) atoms. The molecule has 0 saturated carbocycles. The summed E-state index contributed by atoms with van der Waals surface area (Å²) in [5.41, 5.74) is 0.534. The number of carbonyl (C=O) groups is 1. The van der Waals surface area contributed by atoms with Crippen LogP contribution in [0.5, 0.6) is 11.8 Å². The number of carboxylic acids is 1. The minimum atomic E-state index is -0.915. The maximum atomic E-state index is 11.8. The van der Waals surface area contributed by atoms with Crippen LogP contribution in [0.25, 0.3) is 0 Å². The predicted molar refractivity (Wildman–Crippen MR) is 90.6 cm³/mol. The number of aromatic nitrogens is 1. The summed E-state index contributed by atoms with van der Waals surface area (Å²) in [4.78, 5) is 20.3. The molecule has 2 rings (SSSR count). The molecule has 1 saturated heterocycles. The van der Waals surface area contributed by atoms with E-state index in [2.05, 4.69) is 9.88 Å².